The van der Waals surface area contributed by atoms with Gasteiger partial charge in [-0.15, -0.1) is 0 Å². The Labute approximate surface area is 182 Å². The van der Waals surface area contributed by atoms with Crippen LogP contribution >= 0.6 is 0 Å². The van der Waals surface area contributed by atoms with Crippen LogP contribution in [0.4, 0.5) is 0 Å². The first-order valence-corrected chi connectivity index (χ1v) is 11.0. The van der Waals surface area contributed by atoms with Crippen LogP contribution in [0.3, 0.4) is 0 Å². The molecule has 1 heterocycles. The van der Waals surface area contributed by atoms with Gasteiger partial charge in [0, 0.05) is 12.6 Å². The molecule has 30 heavy (non-hydrogen) atoms. The van der Waals surface area contributed by atoms with Crippen molar-refractivity contribution in [1.29, 1.82) is 0 Å². The van der Waals surface area contributed by atoms with Crippen LogP contribution in [0.2, 0.25) is 0 Å². The molecule has 1 unspecified atom stereocenters. The van der Waals surface area contributed by atoms with E-state index in [1.54, 1.807) is 0 Å². The Morgan fingerprint density at radius 3 is 2.30 bits per heavy atom. The standard InChI is InChI=1S/C23H39BN2O4/c1-17(2)26(15-11-10-14-20(25)21(27)28-7)16-18-12-8-9-13-19(18)24-29-22(3,4)23(5,6)30-24/h8-9,12-13,17,20H,10-11,14-16,25H2,1-7H3. The van der Waals surface area contributed by atoms with Gasteiger partial charge in [-0.1, -0.05) is 30.7 Å². The third-order valence-corrected chi connectivity index (χ3v) is 6.38. The summed E-state index contributed by atoms with van der Waals surface area (Å²) in [5.74, 6) is -0.341. The Morgan fingerprint density at radius 1 is 1.13 bits per heavy atom. The Morgan fingerprint density at radius 2 is 1.73 bits per heavy atom. The van der Waals surface area contributed by atoms with Gasteiger partial charge >= 0.3 is 13.1 Å². The summed E-state index contributed by atoms with van der Waals surface area (Å²) >= 11 is 0. The van der Waals surface area contributed by atoms with E-state index in [-0.39, 0.29) is 24.3 Å². The van der Waals surface area contributed by atoms with Crippen molar-refractivity contribution in [2.45, 2.75) is 90.6 Å². The highest BCUT2D eigenvalue weighted by Crippen LogP contribution is 2.36. The van der Waals surface area contributed by atoms with E-state index in [1.807, 2.05) is 6.07 Å². The van der Waals surface area contributed by atoms with Gasteiger partial charge in [-0.25, -0.2) is 0 Å². The van der Waals surface area contributed by atoms with Crippen molar-refractivity contribution < 1.29 is 18.8 Å². The zero-order valence-electron chi connectivity index (χ0n) is 19.7. The van der Waals surface area contributed by atoms with E-state index < -0.39 is 6.04 Å². The van der Waals surface area contributed by atoms with E-state index in [0.29, 0.717) is 12.5 Å². The lowest BCUT2D eigenvalue weighted by Gasteiger charge is -2.32. The summed E-state index contributed by atoms with van der Waals surface area (Å²) in [6.45, 7) is 14.5. The fraction of sp³-hybridized carbons (Fsp3) is 0.696. The van der Waals surface area contributed by atoms with Crippen LogP contribution in [-0.4, -0.2) is 54.9 Å². The SMILES string of the molecule is COC(=O)C(N)CCCCN(Cc1ccccc1B1OC(C)(C)C(C)(C)O1)C(C)C. The third-order valence-electron chi connectivity index (χ3n) is 6.38. The Hall–Kier alpha value is -1.41. The van der Waals surface area contributed by atoms with Gasteiger partial charge in [0.25, 0.3) is 0 Å². The van der Waals surface area contributed by atoms with E-state index in [0.717, 1.165) is 31.4 Å². The first kappa shape index (κ1) is 24.9. The number of unbranched alkanes of at least 4 members (excludes halogenated alkanes) is 1. The number of nitrogens with zero attached hydrogens (tertiary/aromatic N) is 1. The molecule has 7 heteroatoms. The van der Waals surface area contributed by atoms with E-state index in [4.69, 9.17) is 19.8 Å². The van der Waals surface area contributed by atoms with Crippen LogP contribution in [0.15, 0.2) is 24.3 Å². The van der Waals surface area contributed by atoms with Crippen LogP contribution in [0, 0.1) is 0 Å². The summed E-state index contributed by atoms with van der Waals surface area (Å²) in [5, 5.41) is 0. The summed E-state index contributed by atoms with van der Waals surface area (Å²) in [6, 6.07) is 8.22. The van der Waals surface area contributed by atoms with Gasteiger partial charge < -0.3 is 19.8 Å². The molecule has 0 bridgehead atoms. The van der Waals surface area contributed by atoms with E-state index in [1.165, 1.54) is 12.7 Å². The summed E-state index contributed by atoms with van der Waals surface area (Å²) in [6.07, 6.45) is 2.50. The lowest BCUT2D eigenvalue weighted by Crippen LogP contribution is -2.41. The number of benzene rings is 1. The van der Waals surface area contributed by atoms with Gasteiger partial charge in [0.2, 0.25) is 0 Å². The van der Waals surface area contributed by atoms with Crippen LogP contribution in [-0.2, 0) is 25.4 Å². The molecule has 2 rings (SSSR count). The molecule has 168 valence electrons. The maximum atomic E-state index is 11.5. The predicted octanol–water partition coefficient (Wildman–Crippen LogP) is 2.87. The third kappa shape index (κ3) is 6.07. The number of carbonyl (C=O) groups excluding carboxylic acids is 1. The minimum atomic E-state index is -0.536. The molecule has 1 aliphatic rings. The second kappa shape index (κ2) is 10.3. The van der Waals surface area contributed by atoms with Gasteiger partial charge in [-0.2, -0.15) is 0 Å². The molecule has 1 aromatic carbocycles. The van der Waals surface area contributed by atoms with E-state index in [9.17, 15) is 4.79 Å². The van der Waals surface area contributed by atoms with Crippen LogP contribution in [0.25, 0.3) is 0 Å². The number of nitrogens with two attached hydrogens (primary N) is 1. The molecular formula is C23H39BN2O4. The second-order valence-corrected chi connectivity index (χ2v) is 9.48. The van der Waals surface area contributed by atoms with E-state index >= 15 is 0 Å². The molecule has 1 fully saturated rings. The fourth-order valence-corrected chi connectivity index (χ4v) is 3.57. The Balaban J connectivity index is 2.02. The lowest BCUT2D eigenvalue weighted by molar-refractivity contribution is -0.142. The van der Waals surface area contributed by atoms with Crippen molar-refractivity contribution in [3.8, 4) is 0 Å². The van der Waals surface area contributed by atoms with Crippen molar-refractivity contribution in [3.63, 3.8) is 0 Å². The zero-order valence-corrected chi connectivity index (χ0v) is 19.7. The summed E-state index contributed by atoms with van der Waals surface area (Å²) in [4.78, 5) is 13.9. The van der Waals surface area contributed by atoms with Crippen LogP contribution in [0.5, 0.6) is 0 Å². The highest BCUT2D eigenvalue weighted by Gasteiger charge is 2.52. The number of esters is 1. The number of hydrogen-bond acceptors (Lipinski definition) is 6. The minimum absolute atomic E-state index is 0.341. The molecule has 0 saturated carbocycles. The van der Waals surface area contributed by atoms with Crippen LogP contribution < -0.4 is 11.2 Å². The molecule has 1 atom stereocenters. The van der Waals surface area contributed by atoms with Gasteiger partial charge in [-0.3, -0.25) is 9.69 Å². The fourth-order valence-electron chi connectivity index (χ4n) is 3.57. The molecule has 6 nitrogen and oxygen atoms in total. The molecular weight excluding hydrogens is 379 g/mol. The first-order valence-electron chi connectivity index (χ1n) is 11.0. The summed E-state index contributed by atoms with van der Waals surface area (Å²) in [5.41, 5.74) is 7.44. The molecule has 1 saturated heterocycles. The second-order valence-electron chi connectivity index (χ2n) is 9.48. The molecule has 2 N–H and O–H groups in total. The topological polar surface area (TPSA) is 74.0 Å². The average molecular weight is 418 g/mol. The maximum Gasteiger partial charge on any atom is 0.495 e. The quantitative estimate of drug-likeness (QED) is 0.358. The highest BCUT2D eigenvalue weighted by molar-refractivity contribution is 6.62. The van der Waals surface area contributed by atoms with Gasteiger partial charge in [0.1, 0.15) is 6.04 Å². The van der Waals surface area contributed by atoms with E-state index in [2.05, 4.69) is 64.6 Å². The zero-order chi connectivity index (χ0) is 22.5. The first-order chi connectivity index (χ1) is 14.0. The maximum absolute atomic E-state index is 11.5. The predicted molar refractivity (Wildman–Crippen MR) is 122 cm³/mol. The molecule has 0 aromatic heterocycles. The molecule has 1 aromatic rings. The monoisotopic (exact) mass is 418 g/mol. The van der Waals surface area contributed by atoms with Crippen molar-refractivity contribution in [2.24, 2.45) is 5.73 Å². The van der Waals surface area contributed by atoms with Gasteiger partial charge in [0.15, 0.2) is 0 Å². The van der Waals surface area contributed by atoms with Crippen molar-refractivity contribution in [3.05, 3.63) is 29.8 Å². The van der Waals surface area contributed by atoms with Crippen molar-refractivity contribution in [2.75, 3.05) is 13.7 Å². The minimum Gasteiger partial charge on any atom is -0.468 e. The number of ether oxygens (including phenoxy) is 1. The Kier molecular flexibility index (Phi) is 8.51. The normalized spacial score (nSPS) is 18.8. The summed E-state index contributed by atoms with van der Waals surface area (Å²) < 4.78 is 17.3. The average Bonchev–Trinajstić information content (AvgIpc) is 2.90. The Bertz CT molecular complexity index is 692. The van der Waals surface area contributed by atoms with Crippen molar-refractivity contribution in [1.82, 2.24) is 4.90 Å². The molecule has 0 radical (unpaired) electrons. The molecule has 0 aliphatic carbocycles. The largest absolute Gasteiger partial charge is 0.495 e. The number of rotatable bonds is 10. The molecule has 0 amide bonds. The van der Waals surface area contributed by atoms with Gasteiger partial charge in [0.05, 0.1) is 18.3 Å². The van der Waals surface area contributed by atoms with Crippen LogP contribution in [0.1, 0.15) is 66.4 Å². The number of carbonyl (C=O) groups is 1. The van der Waals surface area contributed by atoms with Crippen molar-refractivity contribution >= 4 is 18.6 Å². The lowest BCUT2D eigenvalue weighted by atomic mass is 9.76. The number of hydrogen-bond donors (Lipinski definition) is 1. The number of methoxy groups -OCH3 is 1. The molecule has 1 aliphatic heterocycles. The van der Waals surface area contributed by atoms with Gasteiger partial charge in [-0.05, 0) is 72.0 Å². The summed E-state index contributed by atoms with van der Waals surface area (Å²) in [7, 11) is 1.01. The highest BCUT2D eigenvalue weighted by atomic mass is 16.7. The smallest absolute Gasteiger partial charge is 0.468 e. The molecule has 0 spiro atoms.